The molecule has 9 nitrogen and oxygen atoms in total. The third kappa shape index (κ3) is 7.59. The SMILES string of the molecule is CCOC(=O)[C@H](C)OC(=O)[C@H](C)OC(=O)[C@H](C)OC(=O)[C@H](C)O. The normalized spacial score (nSPS) is 15.6. The van der Waals surface area contributed by atoms with Crippen LogP contribution in [0.25, 0.3) is 0 Å². The van der Waals surface area contributed by atoms with Crippen LogP contribution in [0.4, 0.5) is 0 Å². The second kappa shape index (κ2) is 9.78. The molecule has 0 aliphatic heterocycles. The molecule has 23 heavy (non-hydrogen) atoms. The number of aliphatic hydroxyl groups is 1. The van der Waals surface area contributed by atoms with E-state index in [1.54, 1.807) is 6.92 Å². The first-order valence-corrected chi connectivity index (χ1v) is 7.06. The predicted molar refractivity (Wildman–Crippen MR) is 75.0 cm³/mol. The molecule has 0 radical (unpaired) electrons. The van der Waals surface area contributed by atoms with Crippen molar-refractivity contribution in [2.24, 2.45) is 0 Å². The molecule has 0 heterocycles. The van der Waals surface area contributed by atoms with Crippen LogP contribution >= 0.6 is 0 Å². The van der Waals surface area contributed by atoms with Crippen molar-refractivity contribution in [3.8, 4) is 0 Å². The molecule has 0 saturated carbocycles. The van der Waals surface area contributed by atoms with Gasteiger partial charge < -0.3 is 24.1 Å². The summed E-state index contributed by atoms with van der Waals surface area (Å²) in [4.78, 5) is 45.8. The molecular weight excluding hydrogens is 312 g/mol. The Bertz CT molecular complexity index is 444. The van der Waals surface area contributed by atoms with Gasteiger partial charge in [0.1, 0.15) is 6.10 Å². The van der Waals surface area contributed by atoms with E-state index in [1.165, 1.54) is 27.7 Å². The maximum atomic E-state index is 11.7. The standard InChI is InChI=1S/C14H22O9/c1-6-20-12(17)8(3)22-14(19)10(5)23-13(18)9(4)21-11(16)7(2)15/h7-10,15H,6H2,1-5H3/t7-,8-,9-,10-/m0/s1. The lowest BCUT2D eigenvalue weighted by molar-refractivity contribution is -0.183. The van der Waals surface area contributed by atoms with Crippen molar-refractivity contribution in [1.82, 2.24) is 0 Å². The molecule has 1 N–H and O–H groups in total. The number of esters is 4. The lowest BCUT2D eigenvalue weighted by Crippen LogP contribution is -2.37. The first-order chi connectivity index (χ1) is 10.6. The van der Waals surface area contributed by atoms with E-state index in [-0.39, 0.29) is 6.61 Å². The Morgan fingerprint density at radius 1 is 0.739 bits per heavy atom. The van der Waals surface area contributed by atoms with E-state index < -0.39 is 48.3 Å². The van der Waals surface area contributed by atoms with Crippen molar-refractivity contribution < 1.29 is 43.2 Å². The molecule has 0 aromatic heterocycles. The maximum Gasteiger partial charge on any atom is 0.347 e. The Labute approximate surface area is 133 Å². The highest BCUT2D eigenvalue weighted by atomic mass is 16.6. The third-order valence-electron chi connectivity index (χ3n) is 2.50. The number of ether oxygens (including phenoxy) is 4. The molecule has 132 valence electrons. The van der Waals surface area contributed by atoms with Gasteiger partial charge in [0.05, 0.1) is 6.61 Å². The quantitative estimate of drug-likeness (QED) is 0.471. The zero-order valence-electron chi connectivity index (χ0n) is 13.7. The van der Waals surface area contributed by atoms with Crippen molar-refractivity contribution in [3.63, 3.8) is 0 Å². The van der Waals surface area contributed by atoms with Crippen LogP contribution in [0.15, 0.2) is 0 Å². The fourth-order valence-electron chi connectivity index (χ4n) is 1.22. The van der Waals surface area contributed by atoms with Gasteiger partial charge in [0.25, 0.3) is 0 Å². The summed E-state index contributed by atoms with van der Waals surface area (Å²) >= 11 is 0. The monoisotopic (exact) mass is 334 g/mol. The van der Waals surface area contributed by atoms with Gasteiger partial charge in [-0.2, -0.15) is 0 Å². The summed E-state index contributed by atoms with van der Waals surface area (Å²) in [5.41, 5.74) is 0. The highest BCUT2D eigenvalue weighted by molar-refractivity contribution is 5.85. The minimum absolute atomic E-state index is 0.136. The topological polar surface area (TPSA) is 125 Å². The van der Waals surface area contributed by atoms with Crippen molar-refractivity contribution in [3.05, 3.63) is 0 Å². The highest BCUT2D eigenvalue weighted by Crippen LogP contribution is 2.05. The Morgan fingerprint density at radius 2 is 1.09 bits per heavy atom. The zero-order chi connectivity index (χ0) is 18.2. The van der Waals surface area contributed by atoms with E-state index in [0.29, 0.717) is 0 Å². The van der Waals surface area contributed by atoms with Gasteiger partial charge in [0, 0.05) is 0 Å². The Balaban J connectivity index is 4.42. The molecule has 0 aliphatic carbocycles. The number of carbonyl (C=O) groups is 4. The van der Waals surface area contributed by atoms with Crippen LogP contribution in [0.1, 0.15) is 34.6 Å². The molecule has 0 bridgehead atoms. The van der Waals surface area contributed by atoms with Gasteiger partial charge in [0.2, 0.25) is 0 Å². The summed E-state index contributed by atoms with van der Waals surface area (Å²) in [6, 6.07) is 0. The largest absolute Gasteiger partial charge is 0.463 e. The molecule has 0 rings (SSSR count). The van der Waals surface area contributed by atoms with Crippen molar-refractivity contribution in [1.29, 1.82) is 0 Å². The average Bonchev–Trinajstić information content (AvgIpc) is 2.46. The molecule has 9 heteroatoms. The van der Waals surface area contributed by atoms with Crippen molar-refractivity contribution in [2.45, 2.75) is 59.0 Å². The Hall–Kier alpha value is -2.16. The molecule has 0 fully saturated rings. The van der Waals surface area contributed by atoms with Crippen LogP contribution < -0.4 is 0 Å². The lowest BCUT2D eigenvalue weighted by Gasteiger charge is -2.18. The lowest BCUT2D eigenvalue weighted by atomic mass is 10.3. The predicted octanol–water partition coefficient (Wildman–Crippen LogP) is -0.275. The van der Waals surface area contributed by atoms with Gasteiger partial charge >= 0.3 is 23.9 Å². The van der Waals surface area contributed by atoms with Gasteiger partial charge in [-0.15, -0.1) is 0 Å². The van der Waals surface area contributed by atoms with E-state index in [1.807, 2.05) is 0 Å². The Kier molecular flexibility index (Phi) is 8.86. The van der Waals surface area contributed by atoms with E-state index in [4.69, 9.17) is 14.6 Å². The summed E-state index contributed by atoms with van der Waals surface area (Å²) in [7, 11) is 0. The van der Waals surface area contributed by atoms with Crippen LogP contribution in [0.3, 0.4) is 0 Å². The summed E-state index contributed by atoms with van der Waals surface area (Å²) < 4.78 is 18.8. The van der Waals surface area contributed by atoms with Crippen LogP contribution in [-0.2, 0) is 38.1 Å². The van der Waals surface area contributed by atoms with Gasteiger partial charge in [-0.1, -0.05) is 0 Å². The number of carbonyl (C=O) groups excluding carboxylic acids is 4. The van der Waals surface area contributed by atoms with E-state index in [2.05, 4.69) is 9.47 Å². The highest BCUT2D eigenvalue weighted by Gasteiger charge is 2.28. The molecule has 0 spiro atoms. The molecule has 0 saturated heterocycles. The van der Waals surface area contributed by atoms with Gasteiger partial charge in [-0.25, -0.2) is 19.2 Å². The second-order valence-corrected chi connectivity index (χ2v) is 4.67. The van der Waals surface area contributed by atoms with Crippen molar-refractivity contribution in [2.75, 3.05) is 6.61 Å². The molecular formula is C14H22O9. The van der Waals surface area contributed by atoms with Crippen molar-refractivity contribution >= 4 is 23.9 Å². The van der Waals surface area contributed by atoms with Crippen LogP contribution in [-0.4, -0.2) is 60.0 Å². The molecule has 0 aliphatic rings. The third-order valence-corrected chi connectivity index (χ3v) is 2.50. The molecule has 0 aromatic carbocycles. The first-order valence-electron chi connectivity index (χ1n) is 7.06. The molecule has 4 atom stereocenters. The van der Waals surface area contributed by atoms with Gasteiger partial charge in [-0.05, 0) is 34.6 Å². The zero-order valence-corrected chi connectivity index (χ0v) is 13.7. The van der Waals surface area contributed by atoms with E-state index in [9.17, 15) is 19.2 Å². The maximum absolute atomic E-state index is 11.7. The van der Waals surface area contributed by atoms with Gasteiger partial charge in [0.15, 0.2) is 18.3 Å². The molecule has 0 aromatic rings. The number of hydrogen-bond acceptors (Lipinski definition) is 9. The fourth-order valence-corrected chi connectivity index (χ4v) is 1.22. The number of hydrogen-bond donors (Lipinski definition) is 1. The first kappa shape index (κ1) is 20.8. The fraction of sp³-hybridized carbons (Fsp3) is 0.714. The van der Waals surface area contributed by atoms with Crippen LogP contribution in [0, 0.1) is 0 Å². The molecule has 0 amide bonds. The molecule has 0 unspecified atom stereocenters. The van der Waals surface area contributed by atoms with Gasteiger partial charge in [-0.3, -0.25) is 0 Å². The summed E-state index contributed by atoms with van der Waals surface area (Å²) in [6.07, 6.45) is -5.16. The van der Waals surface area contributed by atoms with E-state index >= 15 is 0 Å². The summed E-state index contributed by atoms with van der Waals surface area (Å²) in [5.74, 6) is -3.67. The second-order valence-electron chi connectivity index (χ2n) is 4.67. The summed E-state index contributed by atoms with van der Waals surface area (Å²) in [6.45, 7) is 6.70. The van der Waals surface area contributed by atoms with Crippen LogP contribution in [0.2, 0.25) is 0 Å². The average molecular weight is 334 g/mol. The Morgan fingerprint density at radius 3 is 1.43 bits per heavy atom. The smallest absolute Gasteiger partial charge is 0.347 e. The minimum Gasteiger partial charge on any atom is -0.463 e. The summed E-state index contributed by atoms with van der Waals surface area (Å²) in [5, 5.41) is 8.97. The number of aliphatic hydroxyl groups excluding tert-OH is 1. The minimum atomic E-state index is -1.39. The number of rotatable bonds is 8. The van der Waals surface area contributed by atoms with Crippen LogP contribution in [0.5, 0.6) is 0 Å². The van der Waals surface area contributed by atoms with E-state index in [0.717, 1.165) is 0 Å².